The van der Waals surface area contributed by atoms with Crippen molar-refractivity contribution in [2.75, 3.05) is 34.2 Å². The molecular weight excluding hydrogens is 308 g/mol. The Morgan fingerprint density at radius 1 is 1.00 bits per heavy atom. The molecule has 0 rings (SSSR count). The number of rotatable bonds is 12. The minimum atomic E-state index is -0.263. The van der Waals surface area contributed by atoms with Crippen LogP contribution in [0.3, 0.4) is 0 Å². The zero-order valence-electron chi connectivity index (χ0n) is 15.9. The molecule has 0 aromatic heterocycles. The van der Waals surface area contributed by atoms with Gasteiger partial charge in [0.15, 0.2) is 0 Å². The Morgan fingerprint density at radius 2 is 1.62 bits per heavy atom. The van der Waals surface area contributed by atoms with Crippen molar-refractivity contribution in [1.29, 1.82) is 0 Å². The standard InChI is InChI=1S/C17H34N4O3/c1-12(2)15(18-4)17(24)19-10-8-7-9-14(21(5)6)16(23)20-11-13(3)22/h12,14-15,18H,7-11H2,1-6H3,(H,19,24)(H,20,23)/t14-,15-/m0/s1. The first kappa shape index (κ1) is 22.5. The van der Waals surface area contributed by atoms with E-state index in [1.165, 1.54) is 6.92 Å². The second kappa shape index (κ2) is 12.0. The molecule has 0 aliphatic heterocycles. The van der Waals surface area contributed by atoms with Gasteiger partial charge in [0.2, 0.25) is 11.8 Å². The predicted molar refractivity (Wildman–Crippen MR) is 95.7 cm³/mol. The van der Waals surface area contributed by atoms with Crippen LogP contribution in [0.25, 0.3) is 0 Å². The topological polar surface area (TPSA) is 90.5 Å². The number of nitrogens with zero attached hydrogens (tertiary/aromatic N) is 1. The van der Waals surface area contributed by atoms with Crippen molar-refractivity contribution in [2.45, 2.75) is 52.1 Å². The van der Waals surface area contributed by atoms with Gasteiger partial charge in [-0.15, -0.1) is 0 Å². The Balaban J connectivity index is 4.15. The average molecular weight is 342 g/mol. The first-order valence-corrected chi connectivity index (χ1v) is 8.59. The Hall–Kier alpha value is -1.47. The normalized spacial score (nSPS) is 13.7. The van der Waals surface area contributed by atoms with E-state index in [-0.39, 0.29) is 42.1 Å². The van der Waals surface area contributed by atoms with Gasteiger partial charge in [-0.25, -0.2) is 0 Å². The van der Waals surface area contributed by atoms with Crippen LogP contribution < -0.4 is 16.0 Å². The zero-order chi connectivity index (χ0) is 18.7. The Kier molecular flexibility index (Phi) is 11.2. The maximum Gasteiger partial charge on any atom is 0.237 e. The number of nitrogens with one attached hydrogen (secondary N) is 3. The lowest BCUT2D eigenvalue weighted by Crippen LogP contribution is -2.46. The van der Waals surface area contributed by atoms with Gasteiger partial charge in [0.1, 0.15) is 5.78 Å². The molecule has 0 unspecified atom stereocenters. The molecule has 0 saturated heterocycles. The number of Topliss-reactive ketones (excluding diaryl/α,β-unsaturated/α-hetero) is 1. The molecule has 0 radical (unpaired) electrons. The quantitative estimate of drug-likeness (QED) is 0.439. The van der Waals surface area contributed by atoms with E-state index in [0.717, 1.165) is 12.8 Å². The number of amides is 2. The highest BCUT2D eigenvalue weighted by Crippen LogP contribution is 2.06. The molecule has 0 aromatic carbocycles. The SMILES string of the molecule is CN[C@H](C(=O)NCCCC[C@@H](C(=O)NCC(C)=O)N(C)C)C(C)C. The average Bonchev–Trinajstić information content (AvgIpc) is 2.48. The minimum absolute atomic E-state index is 0.0101. The molecule has 0 aliphatic rings. The summed E-state index contributed by atoms with van der Waals surface area (Å²) < 4.78 is 0. The van der Waals surface area contributed by atoms with E-state index in [1.54, 1.807) is 7.05 Å². The smallest absolute Gasteiger partial charge is 0.237 e. The van der Waals surface area contributed by atoms with Crippen LogP contribution in [-0.4, -0.2) is 68.8 Å². The van der Waals surface area contributed by atoms with Gasteiger partial charge in [0.05, 0.1) is 18.6 Å². The fourth-order valence-electron chi connectivity index (χ4n) is 2.50. The van der Waals surface area contributed by atoms with Gasteiger partial charge in [-0.05, 0) is 53.2 Å². The third-order valence-corrected chi connectivity index (χ3v) is 3.90. The molecule has 0 saturated carbocycles. The van der Waals surface area contributed by atoms with Gasteiger partial charge in [-0.1, -0.05) is 13.8 Å². The van der Waals surface area contributed by atoms with E-state index in [1.807, 2.05) is 32.8 Å². The molecule has 3 N–H and O–H groups in total. The lowest BCUT2D eigenvalue weighted by atomic mass is 10.0. The van der Waals surface area contributed by atoms with Crippen LogP contribution in [0.15, 0.2) is 0 Å². The molecule has 2 atom stereocenters. The third-order valence-electron chi connectivity index (χ3n) is 3.90. The van der Waals surface area contributed by atoms with Crippen molar-refractivity contribution in [1.82, 2.24) is 20.9 Å². The van der Waals surface area contributed by atoms with Gasteiger partial charge in [0.25, 0.3) is 0 Å². The van der Waals surface area contributed by atoms with Crippen LogP contribution >= 0.6 is 0 Å². The summed E-state index contributed by atoms with van der Waals surface area (Å²) >= 11 is 0. The third kappa shape index (κ3) is 8.98. The van der Waals surface area contributed by atoms with Crippen LogP contribution in [0.4, 0.5) is 0 Å². The number of hydrogen-bond acceptors (Lipinski definition) is 5. The summed E-state index contributed by atoms with van der Waals surface area (Å²) in [6, 6.07) is -0.447. The number of ketones is 1. The Labute approximate surface area is 145 Å². The molecular formula is C17H34N4O3. The summed E-state index contributed by atoms with van der Waals surface area (Å²) in [5.74, 6) is 0.0519. The summed E-state index contributed by atoms with van der Waals surface area (Å²) in [7, 11) is 5.48. The maximum absolute atomic E-state index is 12.1. The van der Waals surface area contributed by atoms with E-state index >= 15 is 0 Å². The zero-order valence-corrected chi connectivity index (χ0v) is 15.9. The summed E-state index contributed by atoms with van der Waals surface area (Å²) in [5, 5.41) is 8.59. The van der Waals surface area contributed by atoms with Crippen molar-refractivity contribution in [3.63, 3.8) is 0 Å². The van der Waals surface area contributed by atoms with Gasteiger partial charge < -0.3 is 16.0 Å². The first-order valence-electron chi connectivity index (χ1n) is 8.59. The van der Waals surface area contributed by atoms with Gasteiger partial charge in [-0.2, -0.15) is 0 Å². The minimum Gasteiger partial charge on any atom is -0.355 e. The maximum atomic E-state index is 12.1. The second-order valence-corrected chi connectivity index (χ2v) is 6.70. The van der Waals surface area contributed by atoms with Gasteiger partial charge >= 0.3 is 0 Å². The monoisotopic (exact) mass is 342 g/mol. The second-order valence-electron chi connectivity index (χ2n) is 6.70. The number of carbonyl (C=O) groups excluding carboxylic acids is 3. The van der Waals surface area contributed by atoms with Gasteiger partial charge in [0, 0.05) is 6.54 Å². The van der Waals surface area contributed by atoms with Crippen molar-refractivity contribution < 1.29 is 14.4 Å². The van der Waals surface area contributed by atoms with E-state index in [4.69, 9.17) is 0 Å². The molecule has 0 aliphatic carbocycles. The highest BCUT2D eigenvalue weighted by Gasteiger charge is 2.21. The van der Waals surface area contributed by atoms with Crippen LogP contribution in [0.2, 0.25) is 0 Å². The molecule has 24 heavy (non-hydrogen) atoms. The van der Waals surface area contributed by atoms with E-state index in [2.05, 4.69) is 16.0 Å². The summed E-state index contributed by atoms with van der Waals surface area (Å²) in [5.41, 5.74) is 0. The van der Waals surface area contributed by atoms with Crippen LogP contribution in [-0.2, 0) is 14.4 Å². The number of likely N-dealkylation sites (N-methyl/N-ethyl adjacent to an activating group) is 2. The number of carbonyl (C=O) groups is 3. The summed E-state index contributed by atoms with van der Waals surface area (Å²) in [6.07, 6.45) is 2.32. The fourth-order valence-corrected chi connectivity index (χ4v) is 2.50. The van der Waals surface area contributed by atoms with Crippen molar-refractivity contribution in [3.05, 3.63) is 0 Å². The van der Waals surface area contributed by atoms with Crippen molar-refractivity contribution in [3.8, 4) is 0 Å². The Bertz CT molecular complexity index is 411. The highest BCUT2D eigenvalue weighted by molar-refractivity contribution is 5.87. The molecule has 2 amide bonds. The van der Waals surface area contributed by atoms with E-state index < -0.39 is 0 Å². The van der Waals surface area contributed by atoms with E-state index in [9.17, 15) is 14.4 Å². The van der Waals surface area contributed by atoms with Crippen LogP contribution in [0, 0.1) is 5.92 Å². The lowest BCUT2D eigenvalue weighted by Gasteiger charge is -2.23. The number of hydrogen-bond donors (Lipinski definition) is 3. The first-order chi connectivity index (χ1) is 11.2. The van der Waals surface area contributed by atoms with Crippen LogP contribution in [0.5, 0.6) is 0 Å². The van der Waals surface area contributed by atoms with E-state index in [0.29, 0.717) is 13.0 Å². The molecule has 140 valence electrons. The summed E-state index contributed by atoms with van der Waals surface area (Å²) in [6.45, 7) is 6.12. The molecule has 0 bridgehead atoms. The molecule has 0 spiro atoms. The predicted octanol–water partition coefficient (Wildman–Crippen LogP) is 0.152. The Morgan fingerprint density at radius 3 is 2.08 bits per heavy atom. The van der Waals surface area contributed by atoms with Crippen molar-refractivity contribution in [2.24, 2.45) is 5.92 Å². The van der Waals surface area contributed by atoms with Crippen molar-refractivity contribution >= 4 is 17.6 Å². The highest BCUT2D eigenvalue weighted by atomic mass is 16.2. The summed E-state index contributed by atoms with van der Waals surface area (Å²) in [4.78, 5) is 36.9. The largest absolute Gasteiger partial charge is 0.355 e. The lowest BCUT2D eigenvalue weighted by molar-refractivity contribution is -0.128. The van der Waals surface area contributed by atoms with Crippen LogP contribution in [0.1, 0.15) is 40.0 Å². The number of unbranched alkanes of at least 4 members (excludes halogenated alkanes) is 1. The molecule has 7 nitrogen and oxygen atoms in total. The molecule has 0 fully saturated rings. The molecule has 7 heteroatoms. The molecule has 0 aromatic rings. The van der Waals surface area contributed by atoms with Gasteiger partial charge in [-0.3, -0.25) is 19.3 Å². The fraction of sp³-hybridized carbons (Fsp3) is 0.824. The molecule has 0 heterocycles.